The molecule has 0 bridgehead atoms. The number of nitriles is 1. The van der Waals surface area contributed by atoms with Gasteiger partial charge >= 0.3 is 0 Å². The normalized spacial score (nSPS) is 8.40. The Kier molecular flexibility index (Phi) is 5.45. The van der Waals surface area contributed by atoms with E-state index in [4.69, 9.17) is 5.26 Å². The van der Waals surface area contributed by atoms with Crippen LogP contribution in [0.25, 0.3) is 0 Å². The van der Waals surface area contributed by atoms with Gasteiger partial charge in [-0.2, -0.15) is 5.26 Å². The largest absolute Gasteiger partial charge is 0.314 e. The third-order valence-electron chi connectivity index (χ3n) is 1.24. The van der Waals surface area contributed by atoms with Gasteiger partial charge in [-0.05, 0) is 12.8 Å². The Balaban J connectivity index is 3.05. The molecule has 0 saturated heterocycles. The number of nitrogens with zero attached hydrogens (tertiary/aromatic N) is 2. The van der Waals surface area contributed by atoms with Gasteiger partial charge in [0.2, 0.25) is 0 Å². The highest BCUT2D eigenvalue weighted by molar-refractivity contribution is 5.48. The zero-order valence-corrected chi connectivity index (χ0v) is 6.21. The molecule has 0 fully saturated rings. The molecule has 0 amide bonds. The third-order valence-corrected chi connectivity index (χ3v) is 1.24. The van der Waals surface area contributed by atoms with Gasteiger partial charge in [0.05, 0.1) is 0 Å². The highest BCUT2D eigenvalue weighted by Crippen LogP contribution is 1.93. The van der Waals surface area contributed by atoms with Crippen LogP contribution in [0.5, 0.6) is 0 Å². The molecule has 0 radical (unpaired) electrons. The minimum absolute atomic E-state index is 0.610. The molecule has 0 aliphatic carbocycles. The average Bonchev–Trinajstić information content (AvgIpc) is 1.98. The molecule has 3 nitrogen and oxygen atoms in total. The van der Waals surface area contributed by atoms with Crippen LogP contribution in [0.4, 0.5) is 0 Å². The van der Waals surface area contributed by atoms with Crippen LogP contribution in [0.3, 0.4) is 0 Å². The maximum atomic E-state index is 9.84. The summed E-state index contributed by atoms with van der Waals surface area (Å²) in [7, 11) is 1.74. The number of carbonyl (C=O) groups is 1. The van der Waals surface area contributed by atoms with Crippen LogP contribution in [-0.4, -0.2) is 24.8 Å². The first-order valence-electron chi connectivity index (χ1n) is 3.35. The number of hydrogen-bond donors (Lipinski definition) is 0. The van der Waals surface area contributed by atoms with Crippen LogP contribution < -0.4 is 0 Å². The van der Waals surface area contributed by atoms with Gasteiger partial charge in [-0.1, -0.05) is 0 Å². The Morgan fingerprint density at radius 2 is 2.30 bits per heavy atom. The molecule has 0 aliphatic heterocycles. The Bertz CT molecular complexity index is 128. The minimum Gasteiger partial charge on any atom is -0.314 e. The molecule has 0 aromatic carbocycles. The molecule has 0 rings (SSSR count). The third kappa shape index (κ3) is 5.10. The van der Waals surface area contributed by atoms with Gasteiger partial charge in [-0.3, -0.25) is 0 Å². The van der Waals surface area contributed by atoms with Crippen LogP contribution in [0.15, 0.2) is 0 Å². The van der Waals surface area contributed by atoms with Gasteiger partial charge in [0.1, 0.15) is 6.29 Å². The van der Waals surface area contributed by atoms with Crippen molar-refractivity contribution in [1.29, 1.82) is 5.26 Å². The van der Waals surface area contributed by atoms with E-state index in [9.17, 15) is 4.79 Å². The summed E-state index contributed by atoms with van der Waals surface area (Å²) < 4.78 is 0. The fourth-order valence-corrected chi connectivity index (χ4v) is 0.627. The molecule has 0 aliphatic rings. The van der Waals surface area contributed by atoms with Crippen LogP contribution in [-0.2, 0) is 4.79 Å². The van der Waals surface area contributed by atoms with E-state index in [1.807, 2.05) is 6.19 Å². The van der Waals surface area contributed by atoms with Crippen molar-refractivity contribution in [3.05, 3.63) is 0 Å². The summed E-state index contributed by atoms with van der Waals surface area (Å²) in [6.45, 7) is 0.754. The van der Waals surface area contributed by atoms with Crippen molar-refractivity contribution in [1.82, 2.24) is 4.90 Å². The Morgan fingerprint density at radius 1 is 1.60 bits per heavy atom. The molecule has 56 valence electrons. The average molecular weight is 140 g/mol. The van der Waals surface area contributed by atoms with Crippen molar-refractivity contribution in [3.8, 4) is 6.19 Å². The van der Waals surface area contributed by atoms with E-state index in [0.717, 1.165) is 25.7 Å². The Morgan fingerprint density at radius 3 is 2.80 bits per heavy atom. The summed E-state index contributed by atoms with van der Waals surface area (Å²) in [6, 6.07) is 0. The van der Waals surface area contributed by atoms with Crippen molar-refractivity contribution >= 4 is 6.29 Å². The highest BCUT2D eigenvalue weighted by atomic mass is 16.1. The quantitative estimate of drug-likeness (QED) is 0.245. The molecular formula is C7H12N2O. The van der Waals surface area contributed by atoms with E-state index >= 15 is 0 Å². The summed E-state index contributed by atoms with van der Waals surface area (Å²) in [5, 5.41) is 8.30. The number of hydrogen-bond acceptors (Lipinski definition) is 3. The van der Waals surface area contributed by atoms with Crippen LogP contribution in [0, 0.1) is 11.5 Å². The van der Waals surface area contributed by atoms with Crippen molar-refractivity contribution in [3.63, 3.8) is 0 Å². The summed E-state index contributed by atoms with van der Waals surface area (Å²) in [5.74, 6) is 0. The molecule has 0 atom stereocenters. The summed E-state index contributed by atoms with van der Waals surface area (Å²) in [4.78, 5) is 11.4. The maximum absolute atomic E-state index is 9.84. The molecular weight excluding hydrogens is 128 g/mol. The van der Waals surface area contributed by atoms with Crippen LogP contribution in [0.2, 0.25) is 0 Å². The van der Waals surface area contributed by atoms with E-state index in [1.54, 1.807) is 11.9 Å². The molecule has 3 heteroatoms. The van der Waals surface area contributed by atoms with E-state index < -0.39 is 0 Å². The monoisotopic (exact) mass is 140 g/mol. The highest BCUT2D eigenvalue weighted by Gasteiger charge is 1.91. The SMILES string of the molecule is CN(C#N)CCCCC=O. The van der Waals surface area contributed by atoms with E-state index in [2.05, 4.69) is 0 Å². The predicted octanol–water partition coefficient (Wildman–Crippen LogP) is 0.768. The van der Waals surface area contributed by atoms with Gasteiger partial charge in [-0.15, -0.1) is 0 Å². The first-order chi connectivity index (χ1) is 4.81. The van der Waals surface area contributed by atoms with Crippen LogP contribution in [0.1, 0.15) is 19.3 Å². The smallest absolute Gasteiger partial charge is 0.179 e. The Labute approximate surface area is 61.2 Å². The lowest BCUT2D eigenvalue weighted by Crippen LogP contribution is -2.12. The second-order valence-corrected chi connectivity index (χ2v) is 2.18. The number of unbranched alkanes of at least 4 members (excludes halogenated alkanes) is 2. The zero-order chi connectivity index (χ0) is 7.82. The lowest BCUT2D eigenvalue weighted by Gasteiger charge is -2.05. The lowest BCUT2D eigenvalue weighted by molar-refractivity contribution is -0.107. The molecule has 0 N–H and O–H groups in total. The zero-order valence-electron chi connectivity index (χ0n) is 6.21. The van der Waals surface area contributed by atoms with E-state index in [0.29, 0.717) is 6.42 Å². The second-order valence-electron chi connectivity index (χ2n) is 2.18. The first-order valence-corrected chi connectivity index (χ1v) is 3.35. The van der Waals surface area contributed by atoms with Gasteiger partial charge < -0.3 is 9.69 Å². The topological polar surface area (TPSA) is 44.1 Å². The molecule has 0 aromatic heterocycles. The van der Waals surface area contributed by atoms with Crippen LogP contribution >= 0.6 is 0 Å². The minimum atomic E-state index is 0.610. The molecule has 0 spiro atoms. The molecule has 10 heavy (non-hydrogen) atoms. The first kappa shape index (κ1) is 8.96. The van der Waals surface area contributed by atoms with Gasteiger partial charge in [0, 0.05) is 20.0 Å². The number of rotatable bonds is 5. The van der Waals surface area contributed by atoms with Gasteiger partial charge in [0.25, 0.3) is 0 Å². The number of aldehydes is 1. The van der Waals surface area contributed by atoms with Crippen molar-refractivity contribution in [2.24, 2.45) is 0 Å². The van der Waals surface area contributed by atoms with Crippen molar-refractivity contribution in [2.45, 2.75) is 19.3 Å². The fourth-order valence-electron chi connectivity index (χ4n) is 0.627. The summed E-state index contributed by atoms with van der Waals surface area (Å²) in [5.41, 5.74) is 0. The molecule has 0 aromatic rings. The Hall–Kier alpha value is -1.04. The van der Waals surface area contributed by atoms with Gasteiger partial charge in [-0.25, -0.2) is 0 Å². The van der Waals surface area contributed by atoms with E-state index in [-0.39, 0.29) is 0 Å². The maximum Gasteiger partial charge on any atom is 0.179 e. The number of carbonyl (C=O) groups excluding carboxylic acids is 1. The lowest BCUT2D eigenvalue weighted by atomic mass is 10.2. The predicted molar refractivity (Wildman–Crippen MR) is 38.2 cm³/mol. The second kappa shape index (κ2) is 6.09. The standard InChI is InChI=1S/C7H12N2O/c1-9(7-8)5-3-2-4-6-10/h6H,2-5H2,1H3. The van der Waals surface area contributed by atoms with E-state index in [1.165, 1.54) is 0 Å². The molecule has 0 heterocycles. The van der Waals surface area contributed by atoms with Gasteiger partial charge in [0.15, 0.2) is 6.19 Å². The fraction of sp³-hybridized carbons (Fsp3) is 0.714. The summed E-state index contributed by atoms with van der Waals surface area (Å²) in [6.07, 6.45) is 5.31. The molecule has 0 saturated carbocycles. The van der Waals surface area contributed by atoms with Crippen molar-refractivity contribution in [2.75, 3.05) is 13.6 Å². The summed E-state index contributed by atoms with van der Waals surface area (Å²) >= 11 is 0. The van der Waals surface area contributed by atoms with Crippen molar-refractivity contribution < 1.29 is 4.79 Å². The molecule has 0 unspecified atom stereocenters.